The van der Waals surface area contributed by atoms with Crippen molar-refractivity contribution in [3.8, 4) is 0 Å². The second kappa shape index (κ2) is 5.89. The average Bonchev–Trinajstić information content (AvgIpc) is 2.98. The first-order valence-electron chi connectivity index (χ1n) is 6.24. The van der Waals surface area contributed by atoms with Crippen molar-refractivity contribution < 1.29 is 0 Å². The van der Waals surface area contributed by atoms with Crippen molar-refractivity contribution in [3.05, 3.63) is 73.4 Å². The monoisotopic (exact) mass is 263 g/mol. The molecule has 20 heavy (non-hydrogen) atoms. The van der Waals surface area contributed by atoms with E-state index in [0.29, 0.717) is 0 Å². The molecule has 0 saturated carbocycles. The molecule has 0 aromatic carbocycles. The SMILES string of the molecule is C=C/C=C\c1c(C=C)nc2[nH]c(C=C)c(/C=C\C=C)n12. The zero-order chi connectivity index (χ0) is 14.5. The molecule has 1 N–H and O–H groups in total. The minimum atomic E-state index is 0.752. The van der Waals surface area contributed by atoms with Crippen LogP contribution >= 0.6 is 0 Å². The van der Waals surface area contributed by atoms with E-state index in [4.69, 9.17) is 0 Å². The van der Waals surface area contributed by atoms with Crippen LogP contribution in [0.15, 0.2) is 50.6 Å². The molecule has 100 valence electrons. The van der Waals surface area contributed by atoms with Crippen LogP contribution in [0, 0.1) is 0 Å². The predicted molar refractivity (Wildman–Crippen MR) is 88.2 cm³/mol. The first-order valence-corrected chi connectivity index (χ1v) is 6.24. The third-order valence-corrected chi connectivity index (χ3v) is 2.88. The molecule has 2 heterocycles. The molecule has 0 spiro atoms. The number of nitrogens with one attached hydrogen (secondary N) is 1. The molecule has 0 radical (unpaired) electrons. The summed E-state index contributed by atoms with van der Waals surface area (Å²) in [5.74, 6) is 0.752. The summed E-state index contributed by atoms with van der Waals surface area (Å²) in [6.07, 6.45) is 14.6. The fourth-order valence-electron chi connectivity index (χ4n) is 2.03. The van der Waals surface area contributed by atoms with Gasteiger partial charge in [-0.15, -0.1) is 0 Å². The zero-order valence-corrected chi connectivity index (χ0v) is 11.3. The molecule has 3 nitrogen and oxygen atoms in total. The normalized spacial score (nSPS) is 11.4. The standard InChI is InChI=1S/C17H17N3/c1-5-9-11-15-13(7-3)18-17-19-14(8-4)16(20(15)17)12-10-6-2/h5-12H,1-4H2,(H,18,19)/b11-9-,12-10-. The van der Waals surface area contributed by atoms with E-state index in [0.717, 1.165) is 28.6 Å². The number of allylic oxidation sites excluding steroid dienone is 4. The second-order valence-corrected chi connectivity index (χ2v) is 4.06. The average molecular weight is 263 g/mol. The van der Waals surface area contributed by atoms with Crippen molar-refractivity contribution in [2.24, 2.45) is 0 Å². The van der Waals surface area contributed by atoms with E-state index in [1.807, 2.05) is 28.7 Å². The van der Waals surface area contributed by atoms with Gasteiger partial charge in [-0.05, 0) is 24.3 Å². The van der Waals surface area contributed by atoms with Crippen LogP contribution in [-0.2, 0) is 0 Å². The van der Waals surface area contributed by atoms with E-state index in [2.05, 4.69) is 36.3 Å². The molecule has 3 heteroatoms. The Bertz CT molecular complexity index is 676. The van der Waals surface area contributed by atoms with Gasteiger partial charge in [-0.2, -0.15) is 0 Å². The molecule has 0 saturated heterocycles. The summed E-state index contributed by atoms with van der Waals surface area (Å²) in [6.45, 7) is 15.0. The van der Waals surface area contributed by atoms with Crippen LogP contribution in [0.3, 0.4) is 0 Å². The molecule has 0 aliphatic rings. The molecule has 0 aliphatic carbocycles. The van der Waals surface area contributed by atoms with Crippen LogP contribution < -0.4 is 0 Å². The molecule has 2 rings (SSSR count). The van der Waals surface area contributed by atoms with E-state index >= 15 is 0 Å². The fourth-order valence-corrected chi connectivity index (χ4v) is 2.03. The summed E-state index contributed by atoms with van der Waals surface area (Å²) in [6, 6.07) is 0. The zero-order valence-electron chi connectivity index (χ0n) is 11.3. The van der Waals surface area contributed by atoms with E-state index < -0.39 is 0 Å². The van der Waals surface area contributed by atoms with Gasteiger partial charge in [0.1, 0.15) is 0 Å². The molecular weight excluding hydrogens is 246 g/mol. The Hall–Kier alpha value is -2.81. The lowest BCUT2D eigenvalue weighted by Crippen LogP contribution is -1.90. The maximum atomic E-state index is 4.52. The maximum Gasteiger partial charge on any atom is 0.213 e. The summed E-state index contributed by atoms with van der Waals surface area (Å²) in [4.78, 5) is 7.75. The molecule has 0 atom stereocenters. The van der Waals surface area contributed by atoms with Gasteiger partial charge in [0.25, 0.3) is 0 Å². The highest BCUT2D eigenvalue weighted by Gasteiger charge is 2.14. The molecule has 0 aliphatic heterocycles. The van der Waals surface area contributed by atoms with Crippen LogP contribution in [0.2, 0.25) is 0 Å². The summed E-state index contributed by atoms with van der Waals surface area (Å²) in [5.41, 5.74) is 3.65. The molecule has 0 fully saturated rings. The number of aromatic amines is 1. The highest BCUT2D eigenvalue weighted by molar-refractivity contribution is 5.71. The van der Waals surface area contributed by atoms with Gasteiger partial charge in [0.15, 0.2) is 0 Å². The van der Waals surface area contributed by atoms with Crippen molar-refractivity contribution in [2.45, 2.75) is 0 Å². The summed E-state index contributed by atoms with van der Waals surface area (Å²) >= 11 is 0. The Balaban J connectivity index is 2.82. The Morgan fingerprint density at radius 1 is 0.900 bits per heavy atom. The van der Waals surface area contributed by atoms with Crippen molar-refractivity contribution in [2.75, 3.05) is 0 Å². The first kappa shape index (κ1) is 13.6. The Morgan fingerprint density at radius 2 is 1.55 bits per heavy atom. The lowest BCUT2D eigenvalue weighted by molar-refractivity contribution is 1.17. The Labute approximate surface area is 118 Å². The molecule has 0 bridgehead atoms. The third kappa shape index (κ3) is 2.21. The summed E-state index contributed by atoms with van der Waals surface area (Å²) < 4.78 is 2.02. The van der Waals surface area contributed by atoms with Crippen LogP contribution in [0.4, 0.5) is 0 Å². The highest BCUT2D eigenvalue weighted by Crippen LogP contribution is 2.22. The fraction of sp³-hybridized carbons (Fsp3) is 0. The summed E-state index contributed by atoms with van der Waals surface area (Å²) in [7, 11) is 0. The predicted octanol–water partition coefficient (Wildman–Crippen LogP) is 4.35. The molecule has 0 unspecified atom stereocenters. The lowest BCUT2D eigenvalue weighted by atomic mass is 10.2. The van der Waals surface area contributed by atoms with Gasteiger partial charge < -0.3 is 4.98 Å². The Morgan fingerprint density at radius 3 is 2.10 bits per heavy atom. The molecule has 2 aromatic rings. The van der Waals surface area contributed by atoms with E-state index in [-0.39, 0.29) is 0 Å². The number of imidazole rings is 2. The van der Waals surface area contributed by atoms with Gasteiger partial charge in [0, 0.05) is 0 Å². The topological polar surface area (TPSA) is 33.1 Å². The smallest absolute Gasteiger partial charge is 0.213 e. The van der Waals surface area contributed by atoms with Crippen LogP contribution in [0.5, 0.6) is 0 Å². The first-order chi connectivity index (χ1) is 9.76. The number of hydrogen-bond acceptors (Lipinski definition) is 1. The molecular formula is C17H17N3. The number of rotatable bonds is 6. The van der Waals surface area contributed by atoms with Crippen LogP contribution in [0.1, 0.15) is 22.8 Å². The van der Waals surface area contributed by atoms with Crippen LogP contribution in [-0.4, -0.2) is 14.4 Å². The van der Waals surface area contributed by atoms with Gasteiger partial charge >= 0.3 is 0 Å². The molecule has 2 aromatic heterocycles. The van der Waals surface area contributed by atoms with Gasteiger partial charge in [-0.3, -0.25) is 4.40 Å². The Kier molecular flexibility index (Phi) is 4.01. The van der Waals surface area contributed by atoms with Crippen molar-refractivity contribution in [3.63, 3.8) is 0 Å². The maximum absolute atomic E-state index is 4.52. The minimum Gasteiger partial charge on any atom is -0.323 e. The summed E-state index contributed by atoms with van der Waals surface area (Å²) in [5, 5.41) is 0. The minimum absolute atomic E-state index is 0.752. The van der Waals surface area contributed by atoms with Crippen LogP contribution in [0.25, 0.3) is 30.1 Å². The van der Waals surface area contributed by atoms with E-state index in [1.54, 1.807) is 24.3 Å². The van der Waals surface area contributed by atoms with E-state index in [9.17, 15) is 0 Å². The second-order valence-electron chi connectivity index (χ2n) is 4.06. The van der Waals surface area contributed by atoms with Crippen molar-refractivity contribution in [1.29, 1.82) is 0 Å². The van der Waals surface area contributed by atoms with Crippen molar-refractivity contribution >= 4 is 30.1 Å². The van der Waals surface area contributed by atoms with Gasteiger partial charge in [0.05, 0.1) is 22.8 Å². The molecule has 0 amide bonds. The largest absolute Gasteiger partial charge is 0.323 e. The third-order valence-electron chi connectivity index (χ3n) is 2.88. The highest BCUT2D eigenvalue weighted by atomic mass is 15.1. The lowest BCUT2D eigenvalue weighted by Gasteiger charge is -1.98. The van der Waals surface area contributed by atoms with Gasteiger partial charge in [-0.25, -0.2) is 4.98 Å². The number of fused-ring (bicyclic) bond motifs is 1. The number of nitrogens with zero attached hydrogens (tertiary/aromatic N) is 2. The van der Waals surface area contributed by atoms with Gasteiger partial charge in [0.2, 0.25) is 5.78 Å². The quantitative estimate of drug-likeness (QED) is 0.772. The van der Waals surface area contributed by atoms with Crippen molar-refractivity contribution in [1.82, 2.24) is 14.4 Å². The number of aromatic nitrogens is 3. The number of hydrogen-bond donors (Lipinski definition) is 1. The van der Waals surface area contributed by atoms with Gasteiger partial charge in [-0.1, -0.05) is 50.6 Å². The number of H-pyrrole nitrogens is 1. The van der Waals surface area contributed by atoms with E-state index in [1.165, 1.54) is 0 Å².